The summed E-state index contributed by atoms with van der Waals surface area (Å²) in [5.74, 6) is -3.47. The van der Waals surface area contributed by atoms with E-state index >= 15 is 0 Å². The number of allylic oxidation sites excluding steroid dienone is 1. The molecule has 0 saturated carbocycles. The van der Waals surface area contributed by atoms with Gasteiger partial charge in [0.2, 0.25) is 5.78 Å². The summed E-state index contributed by atoms with van der Waals surface area (Å²) in [6, 6.07) is 0. The Labute approximate surface area is 68.3 Å². The van der Waals surface area contributed by atoms with Gasteiger partial charge < -0.3 is 10.2 Å². The summed E-state index contributed by atoms with van der Waals surface area (Å²) in [6.45, 7) is 0. The van der Waals surface area contributed by atoms with Gasteiger partial charge in [-0.25, -0.2) is 4.79 Å². The van der Waals surface area contributed by atoms with Gasteiger partial charge in [-0.1, -0.05) is 12.2 Å². The first kappa shape index (κ1) is 10.3. The third-order valence-corrected chi connectivity index (χ3v) is 1.00. The van der Waals surface area contributed by atoms with Crippen LogP contribution < -0.4 is 0 Å². The number of hydrogen-bond acceptors (Lipinski definition) is 3. The molecule has 0 saturated heterocycles. The molecule has 0 atom stereocenters. The van der Waals surface area contributed by atoms with Crippen molar-refractivity contribution >= 4 is 17.7 Å². The number of carboxylic acids is 2. The molecule has 66 valence electrons. The van der Waals surface area contributed by atoms with E-state index in [1.54, 1.807) is 0 Å². The van der Waals surface area contributed by atoms with E-state index in [0.717, 1.165) is 0 Å². The maximum Gasteiger partial charge on any atom is 0.372 e. The Hall–Kier alpha value is -1.65. The Kier molecular flexibility index (Phi) is 4.36. The number of carboxylic acid groups (broad SMARTS) is 2. The predicted octanol–water partition coefficient (Wildman–Crippen LogP) is 0.0611. The highest BCUT2D eigenvalue weighted by Gasteiger charge is 2.07. The van der Waals surface area contributed by atoms with Gasteiger partial charge in [-0.2, -0.15) is 0 Å². The van der Waals surface area contributed by atoms with Crippen LogP contribution in [0.5, 0.6) is 0 Å². The van der Waals surface area contributed by atoms with Crippen LogP contribution in [-0.4, -0.2) is 27.9 Å². The molecule has 5 nitrogen and oxygen atoms in total. The summed E-state index contributed by atoms with van der Waals surface area (Å²) >= 11 is 0. The Bertz CT molecular complexity index is 228. The monoisotopic (exact) mass is 172 g/mol. The summed E-state index contributed by atoms with van der Waals surface area (Å²) in [5, 5.41) is 16.2. The molecule has 0 fully saturated rings. The molecule has 0 unspecified atom stereocenters. The van der Waals surface area contributed by atoms with Gasteiger partial charge in [0, 0.05) is 6.42 Å². The Morgan fingerprint density at radius 2 is 1.50 bits per heavy atom. The average Bonchev–Trinajstić information content (AvgIpc) is 1.97. The van der Waals surface area contributed by atoms with Crippen LogP contribution in [0, 0.1) is 0 Å². The van der Waals surface area contributed by atoms with E-state index in [1.807, 2.05) is 0 Å². The van der Waals surface area contributed by atoms with Crippen LogP contribution in [0.4, 0.5) is 0 Å². The molecular weight excluding hydrogens is 164 g/mol. The maximum absolute atomic E-state index is 10.4. The highest BCUT2D eigenvalue weighted by atomic mass is 16.4. The highest BCUT2D eigenvalue weighted by Crippen LogP contribution is 1.89. The summed E-state index contributed by atoms with van der Waals surface area (Å²) in [5.41, 5.74) is 0. The standard InChI is InChI=1S/C7H8O5/c8-5(7(11)12)3-1-2-4-6(9)10/h1-2H,3-4H2,(H,9,10)(H,11,12). The molecule has 0 bridgehead atoms. The molecular formula is C7H8O5. The normalized spacial score (nSPS) is 10.0. The van der Waals surface area contributed by atoms with Crippen molar-refractivity contribution in [2.24, 2.45) is 0 Å². The molecule has 12 heavy (non-hydrogen) atoms. The number of rotatable bonds is 5. The van der Waals surface area contributed by atoms with E-state index in [-0.39, 0.29) is 12.8 Å². The van der Waals surface area contributed by atoms with E-state index in [0.29, 0.717) is 0 Å². The third kappa shape index (κ3) is 5.16. The van der Waals surface area contributed by atoms with Crippen molar-refractivity contribution in [2.45, 2.75) is 12.8 Å². The molecule has 0 aromatic carbocycles. The zero-order valence-corrected chi connectivity index (χ0v) is 6.19. The van der Waals surface area contributed by atoms with E-state index in [1.165, 1.54) is 12.2 Å². The number of carbonyl (C=O) groups is 3. The van der Waals surface area contributed by atoms with Gasteiger partial charge in [0.25, 0.3) is 0 Å². The number of hydrogen-bond donors (Lipinski definition) is 2. The predicted molar refractivity (Wildman–Crippen MR) is 38.7 cm³/mol. The first-order valence-corrected chi connectivity index (χ1v) is 3.17. The summed E-state index contributed by atoms with van der Waals surface area (Å²) in [7, 11) is 0. The van der Waals surface area contributed by atoms with E-state index in [2.05, 4.69) is 0 Å². The van der Waals surface area contributed by atoms with Crippen LogP contribution in [0.25, 0.3) is 0 Å². The molecule has 0 aromatic rings. The van der Waals surface area contributed by atoms with Crippen molar-refractivity contribution in [2.75, 3.05) is 0 Å². The second kappa shape index (κ2) is 5.06. The van der Waals surface area contributed by atoms with Crippen molar-refractivity contribution in [3.63, 3.8) is 0 Å². The van der Waals surface area contributed by atoms with Crippen LogP contribution in [-0.2, 0) is 14.4 Å². The van der Waals surface area contributed by atoms with Crippen LogP contribution in [0.2, 0.25) is 0 Å². The molecule has 0 radical (unpaired) electrons. The summed E-state index contributed by atoms with van der Waals surface area (Å²) in [4.78, 5) is 30.2. The minimum Gasteiger partial charge on any atom is -0.481 e. The smallest absolute Gasteiger partial charge is 0.372 e. The highest BCUT2D eigenvalue weighted by molar-refractivity contribution is 6.33. The number of carbonyl (C=O) groups excluding carboxylic acids is 1. The molecule has 5 heteroatoms. The second-order valence-corrected chi connectivity index (χ2v) is 2.00. The fourth-order valence-electron chi connectivity index (χ4n) is 0.462. The first-order valence-electron chi connectivity index (χ1n) is 3.17. The lowest BCUT2D eigenvalue weighted by molar-refractivity contribution is -0.148. The third-order valence-electron chi connectivity index (χ3n) is 1.00. The molecule has 0 aliphatic rings. The van der Waals surface area contributed by atoms with E-state index in [9.17, 15) is 14.4 Å². The van der Waals surface area contributed by atoms with Gasteiger partial charge in [0.05, 0.1) is 6.42 Å². The Morgan fingerprint density at radius 3 is 1.92 bits per heavy atom. The molecule has 0 rings (SSSR count). The van der Waals surface area contributed by atoms with Gasteiger partial charge in [-0.15, -0.1) is 0 Å². The first-order chi connectivity index (χ1) is 5.54. The number of aliphatic carboxylic acids is 2. The van der Waals surface area contributed by atoms with Gasteiger partial charge in [-0.05, 0) is 0 Å². The molecule has 0 heterocycles. The van der Waals surface area contributed by atoms with Gasteiger partial charge in [-0.3, -0.25) is 9.59 Å². The number of ketones is 1. The molecule has 0 aromatic heterocycles. The largest absolute Gasteiger partial charge is 0.481 e. The maximum atomic E-state index is 10.4. The van der Waals surface area contributed by atoms with E-state index < -0.39 is 17.7 Å². The van der Waals surface area contributed by atoms with Gasteiger partial charge in [0.15, 0.2) is 0 Å². The summed E-state index contributed by atoms with van der Waals surface area (Å²) in [6.07, 6.45) is 2.00. The SMILES string of the molecule is O=C(O)CC=CCC(=O)C(=O)O. The van der Waals surface area contributed by atoms with Gasteiger partial charge in [0.1, 0.15) is 0 Å². The zero-order chi connectivity index (χ0) is 9.56. The molecule has 0 aliphatic heterocycles. The lowest BCUT2D eigenvalue weighted by atomic mass is 10.2. The molecule has 0 spiro atoms. The number of Topliss-reactive ketones (excluding diaryl/α,β-unsaturated/α-hetero) is 1. The van der Waals surface area contributed by atoms with Crippen molar-refractivity contribution in [3.8, 4) is 0 Å². The topological polar surface area (TPSA) is 91.7 Å². The van der Waals surface area contributed by atoms with Crippen LogP contribution in [0.3, 0.4) is 0 Å². The van der Waals surface area contributed by atoms with Crippen molar-refractivity contribution in [1.82, 2.24) is 0 Å². The Morgan fingerprint density at radius 1 is 1.00 bits per heavy atom. The minimum atomic E-state index is -1.50. The second-order valence-electron chi connectivity index (χ2n) is 2.00. The van der Waals surface area contributed by atoms with Crippen LogP contribution in [0.15, 0.2) is 12.2 Å². The Balaban J connectivity index is 3.68. The van der Waals surface area contributed by atoms with Crippen molar-refractivity contribution in [3.05, 3.63) is 12.2 Å². The van der Waals surface area contributed by atoms with Crippen molar-refractivity contribution < 1.29 is 24.6 Å². The average molecular weight is 172 g/mol. The summed E-state index contributed by atoms with van der Waals surface area (Å²) < 4.78 is 0. The molecule has 0 amide bonds. The van der Waals surface area contributed by atoms with E-state index in [4.69, 9.17) is 10.2 Å². The van der Waals surface area contributed by atoms with Gasteiger partial charge >= 0.3 is 11.9 Å². The lowest BCUT2D eigenvalue weighted by Gasteiger charge is -1.86. The fourth-order valence-corrected chi connectivity index (χ4v) is 0.462. The van der Waals surface area contributed by atoms with Crippen molar-refractivity contribution in [1.29, 1.82) is 0 Å². The van der Waals surface area contributed by atoms with Crippen LogP contribution >= 0.6 is 0 Å². The molecule has 2 N–H and O–H groups in total. The zero-order valence-electron chi connectivity index (χ0n) is 6.19. The minimum absolute atomic E-state index is 0.201. The van der Waals surface area contributed by atoms with Crippen LogP contribution in [0.1, 0.15) is 12.8 Å². The lowest BCUT2D eigenvalue weighted by Crippen LogP contribution is -2.10. The quantitative estimate of drug-likeness (QED) is 0.452. The fraction of sp³-hybridized carbons (Fsp3) is 0.286. The molecule has 0 aliphatic carbocycles.